The molecular formula is C19H29ClN4O4. The number of amides is 2. The van der Waals surface area contributed by atoms with Crippen molar-refractivity contribution in [2.45, 2.75) is 39.8 Å². The molecule has 2 unspecified atom stereocenters. The highest BCUT2D eigenvalue weighted by atomic mass is 35.5. The van der Waals surface area contributed by atoms with Crippen molar-refractivity contribution >= 4 is 29.1 Å². The summed E-state index contributed by atoms with van der Waals surface area (Å²) < 4.78 is 0. The first-order chi connectivity index (χ1) is 13.0. The number of carbonyl (C=O) groups excluding carboxylic acids is 2. The minimum absolute atomic E-state index is 0.0397. The fourth-order valence-electron chi connectivity index (χ4n) is 2.89. The van der Waals surface area contributed by atoms with Crippen LogP contribution in [-0.2, 0) is 4.79 Å². The molecule has 0 spiro atoms. The second-order valence-corrected chi connectivity index (χ2v) is 8.04. The summed E-state index contributed by atoms with van der Waals surface area (Å²) in [5.74, 6) is -0.644. The maximum absolute atomic E-state index is 12.7. The van der Waals surface area contributed by atoms with E-state index < -0.39 is 16.9 Å². The lowest BCUT2D eigenvalue weighted by molar-refractivity contribution is -0.384. The predicted molar refractivity (Wildman–Crippen MR) is 110 cm³/mol. The van der Waals surface area contributed by atoms with Crippen molar-refractivity contribution in [3.05, 3.63) is 38.9 Å². The summed E-state index contributed by atoms with van der Waals surface area (Å²) in [6.07, 6.45) is 0. The van der Waals surface area contributed by atoms with Crippen molar-refractivity contribution in [2.75, 3.05) is 20.6 Å². The summed E-state index contributed by atoms with van der Waals surface area (Å²) in [5.41, 5.74) is -0.123. The minimum atomic E-state index is -0.756. The van der Waals surface area contributed by atoms with E-state index in [1.165, 1.54) is 12.1 Å². The Hall–Kier alpha value is -2.19. The lowest BCUT2D eigenvalue weighted by atomic mass is 10.0. The molecule has 0 fully saturated rings. The van der Waals surface area contributed by atoms with Gasteiger partial charge in [0, 0.05) is 24.7 Å². The summed E-state index contributed by atoms with van der Waals surface area (Å²) in [6.45, 7) is 8.27. The lowest BCUT2D eigenvalue weighted by Crippen LogP contribution is -2.52. The van der Waals surface area contributed by atoms with E-state index in [9.17, 15) is 19.7 Å². The Labute approximate surface area is 170 Å². The predicted octanol–water partition coefficient (Wildman–Crippen LogP) is 2.71. The Morgan fingerprint density at radius 2 is 1.79 bits per heavy atom. The zero-order valence-electron chi connectivity index (χ0n) is 17.2. The van der Waals surface area contributed by atoms with Gasteiger partial charge in [-0.15, -0.1) is 0 Å². The van der Waals surface area contributed by atoms with Crippen molar-refractivity contribution in [1.29, 1.82) is 0 Å². The molecule has 0 radical (unpaired) electrons. The quantitative estimate of drug-likeness (QED) is 0.479. The second kappa shape index (κ2) is 10.4. The number of hydrogen-bond donors (Lipinski definition) is 2. The number of nitrogens with zero attached hydrogens (tertiary/aromatic N) is 2. The molecule has 1 aromatic rings. The smallest absolute Gasteiger partial charge is 0.270 e. The molecule has 156 valence electrons. The van der Waals surface area contributed by atoms with Crippen molar-refractivity contribution in [3.8, 4) is 0 Å². The van der Waals surface area contributed by atoms with Crippen LogP contribution in [0.3, 0.4) is 0 Å². The van der Waals surface area contributed by atoms with E-state index in [1.54, 1.807) is 0 Å². The number of non-ortho nitro benzene ring substituents is 1. The van der Waals surface area contributed by atoms with Crippen molar-refractivity contribution < 1.29 is 14.5 Å². The molecule has 0 aliphatic carbocycles. The van der Waals surface area contributed by atoms with Gasteiger partial charge in [-0.2, -0.15) is 0 Å². The summed E-state index contributed by atoms with van der Waals surface area (Å²) in [6, 6.07) is 3.01. The Balaban J connectivity index is 2.88. The van der Waals surface area contributed by atoms with Crippen LogP contribution in [0.5, 0.6) is 0 Å². The largest absolute Gasteiger partial charge is 0.353 e. The monoisotopic (exact) mass is 412 g/mol. The summed E-state index contributed by atoms with van der Waals surface area (Å²) in [4.78, 5) is 37.5. The number of nitro groups is 1. The average Bonchev–Trinajstić information content (AvgIpc) is 2.58. The molecule has 0 aliphatic heterocycles. The van der Waals surface area contributed by atoms with Gasteiger partial charge in [0.25, 0.3) is 11.6 Å². The summed E-state index contributed by atoms with van der Waals surface area (Å²) in [7, 11) is 3.91. The number of carbonyl (C=O) groups is 2. The third-order valence-corrected chi connectivity index (χ3v) is 4.87. The van der Waals surface area contributed by atoms with Gasteiger partial charge < -0.3 is 15.5 Å². The summed E-state index contributed by atoms with van der Waals surface area (Å²) >= 11 is 6.01. The van der Waals surface area contributed by atoms with E-state index >= 15 is 0 Å². The maximum atomic E-state index is 12.7. The van der Waals surface area contributed by atoms with E-state index in [4.69, 9.17) is 11.6 Å². The van der Waals surface area contributed by atoms with E-state index in [-0.39, 0.29) is 34.1 Å². The Bertz CT molecular complexity index is 714. The topological polar surface area (TPSA) is 105 Å². The number of halogens is 1. The molecule has 0 aromatic heterocycles. The van der Waals surface area contributed by atoms with Gasteiger partial charge in [0.15, 0.2) is 0 Å². The maximum Gasteiger partial charge on any atom is 0.270 e. The first kappa shape index (κ1) is 23.8. The molecule has 0 heterocycles. The highest BCUT2D eigenvalue weighted by molar-refractivity contribution is 6.34. The molecule has 0 bridgehead atoms. The average molecular weight is 413 g/mol. The molecular weight excluding hydrogens is 384 g/mol. The molecule has 0 saturated carbocycles. The first-order valence-corrected chi connectivity index (χ1v) is 9.52. The molecule has 1 rings (SSSR count). The SMILES string of the molecule is CC(C)C(NC(=O)c1ccc([N+](=O)[O-])cc1Cl)C(=O)NCC(C(C)C)N(C)C. The van der Waals surface area contributed by atoms with Crippen LogP contribution in [0.4, 0.5) is 5.69 Å². The van der Waals surface area contributed by atoms with Crippen molar-refractivity contribution in [2.24, 2.45) is 11.8 Å². The number of benzene rings is 1. The number of nitro benzene ring substituents is 1. The molecule has 28 heavy (non-hydrogen) atoms. The van der Waals surface area contributed by atoms with Crippen molar-refractivity contribution in [3.63, 3.8) is 0 Å². The standard InChI is InChI=1S/C19H29ClN4O4/c1-11(2)16(23(5)6)10-21-19(26)17(12(3)4)22-18(25)14-8-7-13(24(27)28)9-15(14)20/h7-9,11-12,16-17H,10H2,1-6H3,(H,21,26)(H,22,25). The number of likely N-dealkylation sites (N-methyl/N-ethyl adjacent to an activating group) is 1. The van der Waals surface area contributed by atoms with E-state index in [0.29, 0.717) is 12.5 Å². The van der Waals surface area contributed by atoms with Gasteiger partial charge in [-0.05, 0) is 32.0 Å². The van der Waals surface area contributed by atoms with Gasteiger partial charge in [-0.25, -0.2) is 0 Å². The number of rotatable bonds is 9. The Morgan fingerprint density at radius 3 is 2.21 bits per heavy atom. The van der Waals surface area contributed by atoms with Crippen LogP contribution >= 0.6 is 11.6 Å². The third kappa shape index (κ3) is 6.45. The molecule has 1 aromatic carbocycles. The van der Waals surface area contributed by atoms with Crippen LogP contribution in [0.15, 0.2) is 18.2 Å². The van der Waals surface area contributed by atoms with Crippen LogP contribution in [0.25, 0.3) is 0 Å². The van der Waals surface area contributed by atoms with E-state index in [0.717, 1.165) is 6.07 Å². The van der Waals surface area contributed by atoms with Gasteiger partial charge in [0.2, 0.25) is 5.91 Å². The molecule has 2 N–H and O–H groups in total. The molecule has 0 saturated heterocycles. The van der Waals surface area contributed by atoms with Gasteiger partial charge in [0.1, 0.15) is 6.04 Å². The Morgan fingerprint density at radius 1 is 1.18 bits per heavy atom. The van der Waals surface area contributed by atoms with E-state index in [2.05, 4.69) is 24.5 Å². The van der Waals surface area contributed by atoms with Gasteiger partial charge in [-0.1, -0.05) is 39.3 Å². The van der Waals surface area contributed by atoms with Crippen LogP contribution < -0.4 is 10.6 Å². The second-order valence-electron chi connectivity index (χ2n) is 7.64. The van der Waals surface area contributed by atoms with Crippen LogP contribution in [0.2, 0.25) is 5.02 Å². The molecule has 2 amide bonds. The molecule has 9 heteroatoms. The van der Waals surface area contributed by atoms with Crippen LogP contribution in [0, 0.1) is 22.0 Å². The van der Waals surface area contributed by atoms with Gasteiger partial charge in [0.05, 0.1) is 15.5 Å². The van der Waals surface area contributed by atoms with Crippen molar-refractivity contribution in [1.82, 2.24) is 15.5 Å². The van der Waals surface area contributed by atoms with Gasteiger partial charge in [-0.3, -0.25) is 19.7 Å². The number of nitrogens with one attached hydrogen (secondary N) is 2. The molecule has 0 aliphatic rings. The zero-order valence-corrected chi connectivity index (χ0v) is 17.9. The van der Waals surface area contributed by atoms with Gasteiger partial charge >= 0.3 is 0 Å². The first-order valence-electron chi connectivity index (χ1n) is 9.14. The van der Waals surface area contributed by atoms with Crippen LogP contribution in [-0.4, -0.2) is 54.4 Å². The van der Waals surface area contributed by atoms with Crippen LogP contribution in [0.1, 0.15) is 38.1 Å². The molecule has 8 nitrogen and oxygen atoms in total. The number of hydrogen-bond acceptors (Lipinski definition) is 5. The fraction of sp³-hybridized carbons (Fsp3) is 0.579. The fourth-order valence-corrected chi connectivity index (χ4v) is 3.15. The summed E-state index contributed by atoms with van der Waals surface area (Å²) in [5, 5.41) is 16.4. The molecule has 2 atom stereocenters. The highest BCUT2D eigenvalue weighted by Gasteiger charge is 2.27. The lowest BCUT2D eigenvalue weighted by Gasteiger charge is -2.29. The Kier molecular flexibility index (Phi) is 8.84. The zero-order chi connectivity index (χ0) is 21.6. The third-order valence-electron chi connectivity index (χ3n) is 4.56. The normalized spacial score (nSPS) is 13.5. The van der Waals surface area contributed by atoms with E-state index in [1.807, 2.05) is 32.8 Å². The highest BCUT2D eigenvalue weighted by Crippen LogP contribution is 2.22. The minimum Gasteiger partial charge on any atom is -0.353 e.